The fraction of sp³-hybridized carbons (Fsp3) is 0.238. The monoisotopic (exact) mass is 368 g/mol. The minimum atomic E-state index is -0.369. The first-order valence-electron chi connectivity index (χ1n) is 8.77. The third-order valence-corrected chi connectivity index (χ3v) is 3.97. The van der Waals surface area contributed by atoms with E-state index in [2.05, 4.69) is 10.3 Å². The van der Waals surface area contributed by atoms with Crippen molar-refractivity contribution in [3.63, 3.8) is 0 Å². The number of rotatable bonds is 8. The summed E-state index contributed by atoms with van der Waals surface area (Å²) in [6.45, 7) is 2.82. The zero-order valence-electron chi connectivity index (χ0n) is 15.1. The molecule has 1 aromatic heterocycles. The van der Waals surface area contributed by atoms with Crippen molar-refractivity contribution in [2.24, 2.45) is 0 Å². The van der Waals surface area contributed by atoms with Crippen LogP contribution in [-0.2, 0) is 11.2 Å². The number of halogens is 1. The van der Waals surface area contributed by atoms with E-state index in [1.165, 1.54) is 17.8 Å². The van der Waals surface area contributed by atoms with Gasteiger partial charge in [-0.25, -0.2) is 9.37 Å². The van der Waals surface area contributed by atoms with E-state index >= 15 is 0 Å². The van der Waals surface area contributed by atoms with Crippen LogP contribution in [0.3, 0.4) is 0 Å². The van der Waals surface area contributed by atoms with Crippen LogP contribution >= 0.6 is 0 Å². The first-order chi connectivity index (χ1) is 13.1. The van der Waals surface area contributed by atoms with Crippen LogP contribution in [0.2, 0.25) is 0 Å². The number of aryl methyl sites for hydroxylation is 2. The Morgan fingerprint density at radius 2 is 1.96 bits per heavy atom. The highest BCUT2D eigenvalue weighted by Crippen LogP contribution is 2.23. The predicted molar refractivity (Wildman–Crippen MR) is 99.9 cm³/mol. The first kappa shape index (κ1) is 18.6. The number of carbonyl (C=O) groups excluding carboxylic acids is 1. The molecule has 27 heavy (non-hydrogen) atoms. The second kappa shape index (κ2) is 8.98. The molecule has 0 saturated carbocycles. The summed E-state index contributed by atoms with van der Waals surface area (Å²) in [6.07, 6.45) is 2.06. The molecule has 0 radical (unpaired) electrons. The molecular formula is C21H21FN2O3. The van der Waals surface area contributed by atoms with Crippen molar-refractivity contribution in [3.8, 4) is 17.1 Å². The number of oxazole rings is 1. The maximum atomic E-state index is 13.8. The number of amides is 1. The number of ether oxygens (including phenoxy) is 1. The summed E-state index contributed by atoms with van der Waals surface area (Å²) in [7, 11) is 0. The van der Waals surface area contributed by atoms with Crippen LogP contribution in [0, 0.1) is 12.7 Å². The van der Waals surface area contributed by atoms with Gasteiger partial charge in [-0.05, 0) is 31.2 Å². The molecule has 5 nitrogen and oxygen atoms in total. The van der Waals surface area contributed by atoms with E-state index < -0.39 is 0 Å². The maximum absolute atomic E-state index is 13.8. The smallest absolute Gasteiger partial charge is 0.220 e. The van der Waals surface area contributed by atoms with Crippen molar-refractivity contribution in [3.05, 3.63) is 72.0 Å². The van der Waals surface area contributed by atoms with Crippen LogP contribution in [0.1, 0.15) is 17.9 Å². The molecule has 0 saturated heterocycles. The van der Waals surface area contributed by atoms with Gasteiger partial charge in [0, 0.05) is 12.8 Å². The van der Waals surface area contributed by atoms with Crippen LogP contribution in [-0.4, -0.2) is 24.0 Å². The Labute approximate surface area is 157 Å². The van der Waals surface area contributed by atoms with Crippen molar-refractivity contribution in [2.75, 3.05) is 13.2 Å². The standard InChI is InChI=1S/C21H21FN2O3/c1-15-6-8-16(9-7-15)26-13-12-23-20(25)10-11-21-24-14-19(27-21)17-4-2-3-5-18(17)22/h2-9,14H,10-13H2,1H3,(H,23,25). The van der Waals surface area contributed by atoms with Gasteiger partial charge >= 0.3 is 0 Å². The highest BCUT2D eigenvalue weighted by Gasteiger charge is 2.11. The molecule has 0 unspecified atom stereocenters. The van der Waals surface area contributed by atoms with Crippen LogP contribution in [0.15, 0.2) is 59.1 Å². The number of nitrogens with one attached hydrogen (secondary N) is 1. The second-order valence-electron chi connectivity index (χ2n) is 6.11. The van der Waals surface area contributed by atoms with Crippen molar-refractivity contribution in [1.29, 1.82) is 0 Å². The molecule has 0 aliphatic heterocycles. The van der Waals surface area contributed by atoms with Gasteiger partial charge in [0.05, 0.1) is 18.3 Å². The van der Waals surface area contributed by atoms with E-state index in [0.29, 0.717) is 36.8 Å². The Bertz CT molecular complexity index is 890. The third-order valence-electron chi connectivity index (χ3n) is 3.97. The minimum absolute atomic E-state index is 0.117. The summed E-state index contributed by atoms with van der Waals surface area (Å²) >= 11 is 0. The van der Waals surface area contributed by atoms with Gasteiger partial charge in [-0.15, -0.1) is 0 Å². The molecule has 2 aromatic carbocycles. The van der Waals surface area contributed by atoms with E-state index in [-0.39, 0.29) is 18.1 Å². The molecule has 0 atom stereocenters. The molecule has 0 bridgehead atoms. The molecule has 1 N–H and O–H groups in total. The lowest BCUT2D eigenvalue weighted by Gasteiger charge is -2.07. The summed E-state index contributed by atoms with van der Waals surface area (Å²) in [5.41, 5.74) is 1.52. The Balaban J connectivity index is 1.39. The minimum Gasteiger partial charge on any atom is -0.492 e. The van der Waals surface area contributed by atoms with E-state index in [1.54, 1.807) is 18.2 Å². The lowest BCUT2D eigenvalue weighted by molar-refractivity contribution is -0.121. The number of aromatic nitrogens is 1. The topological polar surface area (TPSA) is 64.4 Å². The number of hydrogen-bond donors (Lipinski definition) is 1. The lowest BCUT2D eigenvalue weighted by Crippen LogP contribution is -2.28. The molecular weight excluding hydrogens is 347 g/mol. The molecule has 3 aromatic rings. The summed E-state index contributed by atoms with van der Waals surface area (Å²) in [6, 6.07) is 14.1. The summed E-state index contributed by atoms with van der Waals surface area (Å²) in [4.78, 5) is 16.0. The normalized spacial score (nSPS) is 10.6. The number of nitrogens with zero attached hydrogens (tertiary/aromatic N) is 1. The van der Waals surface area contributed by atoms with Crippen LogP contribution in [0.4, 0.5) is 4.39 Å². The van der Waals surface area contributed by atoms with Gasteiger partial charge in [0.25, 0.3) is 0 Å². The molecule has 0 spiro atoms. The third kappa shape index (κ3) is 5.41. The van der Waals surface area contributed by atoms with E-state index in [0.717, 1.165) is 5.75 Å². The highest BCUT2D eigenvalue weighted by molar-refractivity contribution is 5.76. The fourth-order valence-electron chi connectivity index (χ4n) is 2.51. The van der Waals surface area contributed by atoms with E-state index in [1.807, 2.05) is 31.2 Å². The average molecular weight is 368 g/mol. The summed E-state index contributed by atoms with van der Waals surface area (Å²) in [5, 5.41) is 2.79. The second-order valence-corrected chi connectivity index (χ2v) is 6.11. The Hall–Kier alpha value is -3.15. The molecule has 140 valence electrons. The van der Waals surface area contributed by atoms with Gasteiger partial charge in [0.15, 0.2) is 11.7 Å². The molecule has 1 amide bonds. The molecule has 0 aliphatic rings. The van der Waals surface area contributed by atoms with Gasteiger partial charge < -0.3 is 14.5 Å². The highest BCUT2D eigenvalue weighted by atomic mass is 19.1. The number of hydrogen-bond acceptors (Lipinski definition) is 4. The van der Waals surface area contributed by atoms with Crippen molar-refractivity contribution >= 4 is 5.91 Å². The Morgan fingerprint density at radius 3 is 2.74 bits per heavy atom. The van der Waals surface area contributed by atoms with Crippen LogP contribution < -0.4 is 10.1 Å². The number of carbonyl (C=O) groups is 1. The molecule has 1 heterocycles. The zero-order chi connectivity index (χ0) is 19.1. The summed E-state index contributed by atoms with van der Waals surface area (Å²) in [5.74, 6) is 1.05. The van der Waals surface area contributed by atoms with E-state index in [4.69, 9.17) is 9.15 Å². The van der Waals surface area contributed by atoms with Gasteiger partial charge in [0.1, 0.15) is 18.2 Å². The molecule has 0 fully saturated rings. The average Bonchev–Trinajstić information content (AvgIpc) is 3.14. The van der Waals surface area contributed by atoms with Gasteiger partial charge in [-0.2, -0.15) is 0 Å². The molecule has 0 aliphatic carbocycles. The quantitative estimate of drug-likeness (QED) is 0.612. The van der Waals surface area contributed by atoms with Crippen LogP contribution in [0.5, 0.6) is 5.75 Å². The fourth-order valence-corrected chi connectivity index (χ4v) is 2.51. The predicted octanol–water partition coefficient (Wildman–Crippen LogP) is 3.92. The van der Waals surface area contributed by atoms with Gasteiger partial charge in [0.2, 0.25) is 5.91 Å². The van der Waals surface area contributed by atoms with E-state index in [9.17, 15) is 9.18 Å². The Morgan fingerprint density at radius 1 is 1.19 bits per heavy atom. The molecule has 6 heteroatoms. The lowest BCUT2D eigenvalue weighted by atomic mass is 10.2. The maximum Gasteiger partial charge on any atom is 0.220 e. The zero-order valence-corrected chi connectivity index (χ0v) is 15.1. The van der Waals surface area contributed by atoms with Gasteiger partial charge in [-0.3, -0.25) is 4.79 Å². The van der Waals surface area contributed by atoms with Crippen molar-refractivity contribution < 1.29 is 18.3 Å². The van der Waals surface area contributed by atoms with Crippen molar-refractivity contribution in [1.82, 2.24) is 10.3 Å². The number of benzene rings is 2. The SMILES string of the molecule is Cc1ccc(OCCNC(=O)CCc2ncc(-c3ccccc3F)o2)cc1. The summed E-state index contributed by atoms with van der Waals surface area (Å²) < 4.78 is 24.8. The first-order valence-corrected chi connectivity index (χ1v) is 8.77. The molecule has 3 rings (SSSR count). The van der Waals surface area contributed by atoms with Gasteiger partial charge in [-0.1, -0.05) is 29.8 Å². The van der Waals surface area contributed by atoms with Crippen molar-refractivity contribution in [2.45, 2.75) is 19.8 Å². The Kier molecular flexibility index (Phi) is 6.20. The largest absolute Gasteiger partial charge is 0.492 e. The van der Waals surface area contributed by atoms with Crippen LogP contribution in [0.25, 0.3) is 11.3 Å².